The molecule has 1 aliphatic heterocycles. The fraction of sp³-hybridized carbons (Fsp3) is 0.348. The molecule has 5 nitrogen and oxygen atoms in total. The Kier molecular flexibility index (Phi) is 6.37. The molecule has 0 saturated carbocycles. The van der Waals surface area contributed by atoms with Crippen molar-refractivity contribution in [1.29, 1.82) is 0 Å². The molecular formula is C23H27N3O2. The lowest BCUT2D eigenvalue weighted by Gasteiger charge is -2.26. The maximum Gasteiger partial charge on any atom is 0.130 e. The summed E-state index contributed by atoms with van der Waals surface area (Å²) in [5, 5.41) is 3.61. The van der Waals surface area contributed by atoms with Crippen molar-refractivity contribution in [2.45, 2.75) is 32.0 Å². The van der Waals surface area contributed by atoms with Crippen LogP contribution >= 0.6 is 0 Å². The van der Waals surface area contributed by atoms with Crippen LogP contribution in [-0.2, 0) is 13.2 Å². The van der Waals surface area contributed by atoms with Gasteiger partial charge in [-0.3, -0.25) is 9.88 Å². The third-order valence-corrected chi connectivity index (χ3v) is 5.18. The van der Waals surface area contributed by atoms with E-state index in [9.17, 15) is 0 Å². The van der Waals surface area contributed by atoms with Gasteiger partial charge in [0, 0.05) is 24.8 Å². The Labute approximate surface area is 166 Å². The second-order valence-corrected chi connectivity index (χ2v) is 7.12. The van der Waals surface area contributed by atoms with Crippen LogP contribution in [-0.4, -0.2) is 29.5 Å². The fourth-order valence-electron chi connectivity index (χ4n) is 3.71. The first-order valence-corrected chi connectivity index (χ1v) is 9.99. The van der Waals surface area contributed by atoms with Crippen molar-refractivity contribution in [3.8, 4) is 5.75 Å². The van der Waals surface area contributed by atoms with E-state index in [2.05, 4.69) is 33.4 Å². The molecule has 1 aromatic carbocycles. The van der Waals surface area contributed by atoms with Gasteiger partial charge in [-0.1, -0.05) is 24.3 Å². The van der Waals surface area contributed by atoms with E-state index in [4.69, 9.17) is 9.15 Å². The van der Waals surface area contributed by atoms with Crippen molar-refractivity contribution in [2.24, 2.45) is 0 Å². The average Bonchev–Trinajstić information content (AvgIpc) is 3.46. The third-order valence-electron chi connectivity index (χ3n) is 5.18. The van der Waals surface area contributed by atoms with Crippen molar-refractivity contribution in [1.82, 2.24) is 15.2 Å². The zero-order valence-electron chi connectivity index (χ0n) is 16.1. The van der Waals surface area contributed by atoms with Gasteiger partial charge in [0.2, 0.25) is 0 Å². The van der Waals surface area contributed by atoms with Crippen LogP contribution in [0.4, 0.5) is 0 Å². The Bertz CT molecular complexity index is 830. The molecule has 4 rings (SSSR count). The van der Waals surface area contributed by atoms with E-state index in [0.29, 0.717) is 6.61 Å². The predicted octanol–water partition coefficient (Wildman–Crippen LogP) is 4.18. The number of nitrogens with one attached hydrogen (secondary N) is 1. The molecule has 3 aromatic rings. The second kappa shape index (κ2) is 9.53. The van der Waals surface area contributed by atoms with Crippen LogP contribution in [0.15, 0.2) is 71.5 Å². The summed E-state index contributed by atoms with van der Waals surface area (Å²) >= 11 is 0. The van der Waals surface area contributed by atoms with Gasteiger partial charge in [-0.05, 0) is 56.3 Å². The number of likely N-dealkylation sites (tertiary alicyclic amines) is 1. The molecule has 5 heteroatoms. The third kappa shape index (κ3) is 4.80. The van der Waals surface area contributed by atoms with Crippen LogP contribution in [0.5, 0.6) is 5.75 Å². The SMILES string of the molecule is c1ccc(COc2ccccc2CNCC(c2ccco2)N2CCCC2)nc1. The minimum atomic E-state index is 0.277. The normalized spacial score (nSPS) is 15.6. The summed E-state index contributed by atoms with van der Waals surface area (Å²) in [7, 11) is 0. The number of para-hydroxylation sites is 1. The van der Waals surface area contributed by atoms with E-state index < -0.39 is 0 Å². The molecule has 1 atom stereocenters. The van der Waals surface area contributed by atoms with E-state index >= 15 is 0 Å². The second-order valence-electron chi connectivity index (χ2n) is 7.12. The maximum atomic E-state index is 6.02. The number of aromatic nitrogens is 1. The molecule has 0 spiro atoms. The molecule has 1 fully saturated rings. The molecule has 0 amide bonds. The highest BCUT2D eigenvalue weighted by Gasteiger charge is 2.25. The van der Waals surface area contributed by atoms with Gasteiger partial charge in [0.1, 0.15) is 18.1 Å². The van der Waals surface area contributed by atoms with E-state index in [1.807, 2.05) is 36.4 Å². The summed E-state index contributed by atoms with van der Waals surface area (Å²) < 4.78 is 11.7. The largest absolute Gasteiger partial charge is 0.487 e. The van der Waals surface area contributed by atoms with Crippen molar-refractivity contribution < 1.29 is 9.15 Å². The Morgan fingerprint density at radius 2 is 1.89 bits per heavy atom. The molecule has 1 saturated heterocycles. The van der Waals surface area contributed by atoms with Gasteiger partial charge in [0.05, 0.1) is 18.0 Å². The first kappa shape index (κ1) is 18.7. The Morgan fingerprint density at radius 3 is 2.68 bits per heavy atom. The molecule has 3 heterocycles. The minimum absolute atomic E-state index is 0.277. The van der Waals surface area contributed by atoms with Gasteiger partial charge in [-0.2, -0.15) is 0 Å². The molecule has 0 bridgehead atoms. The van der Waals surface area contributed by atoms with Crippen molar-refractivity contribution in [2.75, 3.05) is 19.6 Å². The van der Waals surface area contributed by atoms with Crippen LogP contribution in [0.25, 0.3) is 0 Å². The number of hydrogen-bond donors (Lipinski definition) is 1. The molecule has 2 aromatic heterocycles. The van der Waals surface area contributed by atoms with Crippen molar-refractivity contribution in [3.05, 3.63) is 84.1 Å². The summed E-state index contributed by atoms with van der Waals surface area (Å²) in [5.74, 6) is 1.94. The maximum absolute atomic E-state index is 6.02. The molecule has 1 unspecified atom stereocenters. The Morgan fingerprint density at radius 1 is 1.04 bits per heavy atom. The fourth-order valence-corrected chi connectivity index (χ4v) is 3.71. The molecule has 1 N–H and O–H groups in total. The van der Waals surface area contributed by atoms with Crippen LogP contribution in [0, 0.1) is 0 Å². The van der Waals surface area contributed by atoms with Crippen LogP contribution in [0.3, 0.4) is 0 Å². The van der Waals surface area contributed by atoms with E-state index in [1.165, 1.54) is 12.8 Å². The number of benzene rings is 1. The highest BCUT2D eigenvalue weighted by Crippen LogP contribution is 2.25. The first-order valence-electron chi connectivity index (χ1n) is 9.99. The monoisotopic (exact) mass is 377 g/mol. The highest BCUT2D eigenvalue weighted by molar-refractivity contribution is 5.33. The lowest BCUT2D eigenvalue weighted by Crippen LogP contribution is -2.33. The van der Waals surface area contributed by atoms with Gasteiger partial charge >= 0.3 is 0 Å². The van der Waals surface area contributed by atoms with Gasteiger partial charge in [0.25, 0.3) is 0 Å². The number of nitrogens with zero attached hydrogens (tertiary/aromatic N) is 2. The summed E-state index contributed by atoms with van der Waals surface area (Å²) in [6.07, 6.45) is 6.08. The number of ether oxygens (including phenoxy) is 1. The van der Waals surface area contributed by atoms with E-state index in [-0.39, 0.29) is 6.04 Å². The van der Waals surface area contributed by atoms with E-state index in [1.54, 1.807) is 12.5 Å². The standard InChI is InChI=1S/C23H27N3O2/c1-2-10-22(28-18-20-9-3-4-12-25-20)19(8-1)16-24-17-21(23-11-7-15-27-23)26-13-5-6-14-26/h1-4,7-12,15,21,24H,5-6,13-14,16-18H2. The van der Waals surface area contributed by atoms with Gasteiger partial charge in [0.15, 0.2) is 0 Å². The Balaban J connectivity index is 1.36. The lowest BCUT2D eigenvalue weighted by molar-refractivity contribution is 0.209. The zero-order chi connectivity index (χ0) is 19.0. The summed E-state index contributed by atoms with van der Waals surface area (Å²) in [5.41, 5.74) is 2.08. The summed E-state index contributed by atoms with van der Waals surface area (Å²) in [6, 6.07) is 18.4. The van der Waals surface area contributed by atoms with Gasteiger partial charge in [-0.25, -0.2) is 0 Å². The topological polar surface area (TPSA) is 50.5 Å². The van der Waals surface area contributed by atoms with E-state index in [0.717, 1.165) is 48.9 Å². The van der Waals surface area contributed by atoms with Crippen LogP contribution < -0.4 is 10.1 Å². The lowest BCUT2D eigenvalue weighted by atomic mass is 10.1. The number of hydrogen-bond acceptors (Lipinski definition) is 5. The first-order chi connectivity index (χ1) is 13.9. The number of furan rings is 1. The molecule has 146 valence electrons. The van der Waals surface area contributed by atoms with Crippen LogP contribution in [0.1, 0.15) is 35.9 Å². The van der Waals surface area contributed by atoms with Crippen LogP contribution in [0.2, 0.25) is 0 Å². The number of pyridine rings is 1. The zero-order valence-corrected chi connectivity index (χ0v) is 16.1. The van der Waals surface area contributed by atoms with Crippen molar-refractivity contribution in [3.63, 3.8) is 0 Å². The summed E-state index contributed by atoms with van der Waals surface area (Å²) in [6.45, 7) is 4.35. The quantitative estimate of drug-likeness (QED) is 0.606. The van der Waals surface area contributed by atoms with Gasteiger partial charge < -0.3 is 14.5 Å². The van der Waals surface area contributed by atoms with Crippen molar-refractivity contribution >= 4 is 0 Å². The highest BCUT2D eigenvalue weighted by atomic mass is 16.5. The molecule has 1 aliphatic rings. The smallest absolute Gasteiger partial charge is 0.130 e. The molecular weight excluding hydrogens is 350 g/mol. The minimum Gasteiger partial charge on any atom is -0.487 e. The predicted molar refractivity (Wildman–Crippen MR) is 109 cm³/mol. The average molecular weight is 377 g/mol. The van der Waals surface area contributed by atoms with Gasteiger partial charge in [-0.15, -0.1) is 0 Å². The molecule has 0 radical (unpaired) electrons. The Hall–Kier alpha value is -2.63. The molecule has 28 heavy (non-hydrogen) atoms. The number of rotatable bonds is 9. The molecule has 0 aliphatic carbocycles. The summed E-state index contributed by atoms with van der Waals surface area (Å²) in [4.78, 5) is 6.83.